The normalized spacial score (nSPS) is 15.9. The maximum absolute atomic E-state index is 14.3. The van der Waals surface area contributed by atoms with E-state index in [1.165, 1.54) is 7.11 Å². The van der Waals surface area contributed by atoms with Crippen LogP contribution in [0.1, 0.15) is 41.6 Å². The lowest BCUT2D eigenvalue weighted by Gasteiger charge is -2.17. The van der Waals surface area contributed by atoms with Crippen LogP contribution in [0, 0.1) is 5.82 Å². The molecule has 0 heterocycles. The summed E-state index contributed by atoms with van der Waals surface area (Å²) in [5.41, 5.74) is 2.18. The molecule has 1 unspecified atom stereocenters. The predicted octanol–water partition coefficient (Wildman–Crippen LogP) is 3.79. The fourth-order valence-electron chi connectivity index (χ4n) is 2.59. The topological polar surface area (TPSA) is 29.5 Å². The molecule has 0 radical (unpaired) electrons. The zero-order valence-corrected chi connectivity index (χ0v) is 11.3. The molecule has 1 atom stereocenters. The first-order valence-corrected chi connectivity index (χ1v) is 6.81. The molecule has 0 saturated heterocycles. The van der Waals surface area contributed by atoms with Gasteiger partial charge in [-0.2, -0.15) is 0 Å². The molecule has 0 aliphatic heterocycles. The number of hydrogen-bond acceptors (Lipinski definition) is 2. The van der Waals surface area contributed by atoms with E-state index in [0.29, 0.717) is 5.92 Å². The van der Waals surface area contributed by atoms with E-state index in [9.17, 15) is 9.50 Å². The molecule has 1 saturated carbocycles. The first kappa shape index (κ1) is 13.1. The van der Waals surface area contributed by atoms with Gasteiger partial charge in [0.15, 0.2) is 11.6 Å². The van der Waals surface area contributed by atoms with Crippen molar-refractivity contribution in [3.8, 4) is 5.75 Å². The highest BCUT2D eigenvalue weighted by Gasteiger charge is 2.29. The van der Waals surface area contributed by atoms with E-state index < -0.39 is 11.9 Å². The Morgan fingerprint density at radius 2 is 1.80 bits per heavy atom. The highest BCUT2D eigenvalue weighted by atomic mass is 19.1. The Balaban J connectivity index is 2.03. The van der Waals surface area contributed by atoms with E-state index in [1.54, 1.807) is 18.2 Å². The number of aliphatic hydroxyl groups excluding tert-OH is 1. The third-order valence-corrected chi connectivity index (χ3v) is 3.82. The maximum Gasteiger partial charge on any atom is 0.171 e. The van der Waals surface area contributed by atoms with Gasteiger partial charge in [-0.15, -0.1) is 0 Å². The summed E-state index contributed by atoms with van der Waals surface area (Å²) in [5.74, 6) is 0.174. The standard InChI is InChI=1S/C17H17FO2/c1-20-15-8-4-7-14(16(15)18)17(19)13-6-3-2-5-12(13)11-9-10-11/h2-8,11,17,19H,9-10H2,1H3. The molecule has 0 aromatic heterocycles. The first-order valence-electron chi connectivity index (χ1n) is 6.81. The number of halogens is 1. The van der Waals surface area contributed by atoms with Crippen LogP contribution >= 0.6 is 0 Å². The summed E-state index contributed by atoms with van der Waals surface area (Å²) < 4.78 is 19.2. The molecule has 1 fully saturated rings. The summed E-state index contributed by atoms with van der Waals surface area (Å²) in [4.78, 5) is 0. The average molecular weight is 272 g/mol. The number of benzene rings is 2. The zero-order valence-electron chi connectivity index (χ0n) is 11.3. The van der Waals surface area contributed by atoms with Crippen LogP contribution in [-0.4, -0.2) is 12.2 Å². The second-order valence-electron chi connectivity index (χ2n) is 5.17. The summed E-state index contributed by atoms with van der Waals surface area (Å²) >= 11 is 0. The third kappa shape index (κ3) is 2.29. The molecule has 2 nitrogen and oxygen atoms in total. The average Bonchev–Trinajstić information content (AvgIpc) is 3.31. The van der Waals surface area contributed by atoms with Crippen LogP contribution < -0.4 is 4.74 Å². The minimum atomic E-state index is -0.957. The molecule has 1 N–H and O–H groups in total. The molecule has 3 rings (SSSR count). The zero-order chi connectivity index (χ0) is 14.1. The van der Waals surface area contributed by atoms with Crippen LogP contribution in [0.5, 0.6) is 5.75 Å². The lowest BCUT2D eigenvalue weighted by Crippen LogP contribution is -2.06. The monoisotopic (exact) mass is 272 g/mol. The van der Waals surface area contributed by atoms with Crippen molar-refractivity contribution in [1.82, 2.24) is 0 Å². The number of aliphatic hydroxyl groups is 1. The van der Waals surface area contributed by atoms with Crippen molar-refractivity contribution >= 4 is 0 Å². The van der Waals surface area contributed by atoms with Gasteiger partial charge in [-0.05, 0) is 36.0 Å². The first-order chi connectivity index (χ1) is 9.72. The summed E-state index contributed by atoms with van der Waals surface area (Å²) in [6.07, 6.45) is 1.33. The summed E-state index contributed by atoms with van der Waals surface area (Å²) in [6.45, 7) is 0. The summed E-state index contributed by atoms with van der Waals surface area (Å²) in [5, 5.41) is 10.6. The van der Waals surface area contributed by atoms with Gasteiger partial charge in [-0.25, -0.2) is 4.39 Å². The van der Waals surface area contributed by atoms with Crippen LogP contribution in [0.3, 0.4) is 0 Å². The largest absolute Gasteiger partial charge is 0.494 e. The highest BCUT2D eigenvalue weighted by Crippen LogP contribution is 2.44. The van der Waals surface area contributed by atoms with E-state index in [0.717, 1.165) is 24.0 Å². The van der Waals surface area contributed by atoms with E-state index in [4.69, 9.17) is 4.74 Å². The Bertz CT molecular complexity index is 620. The second kappa shape index (κ2) is 5.25. The van der Waals surface area contributed by atoms with Gasteiger partial charge in [0.05, 0.1) is 7.11 Å². The fraction of sp³-hybridized carbons (Fsp3) is 0.294. The Kier molecular flexibility index (Phi) is 3.45. The molecule has 1 aliphatic rings. The molecule has 1 aliphatic carbocycles. The van der Waals surface area contributed by atoms with E-state index in [-0.39, 0.29) is 11.3 Å². The van der Waals surface area contributed by atoms with Crippen LogP contribution in [0.2, 0.25) is 0 Å². The molecule has 2 aromatic carbocycles. The highest BCUT2D eigenvalue weighted by molar-refractivity contribution is 5.42. The Hall–Kier alpha value is -1.87. The summed E-state index contributed by atoms with van der Waals surface area (Å²) in [7, 11) is 1.42. The van der Waals surface area contributed by atoms with Crippen LogP contribution in [0.4, 0.5) is 4.39 Å². The van der Waals surface area contributed by atoms with Crippen molar-refractivity contribution in [1.29, 1.82) is 0 Å². The van der Waals surface area contributed by atoms with Crippen molar-refractivity contribution in [3.05, 3.63) is 65.0 Å². The van der Waals surface area contributed by atoms with Crippen LogP contribution in [-0.2, 0) is 0 Å². The molecule has 20 heavy (non-hydrogen) atoms. The lowest BCUT2D eigenvalue weighted by molar-refractivity contribution is 0.212. The van der Waals surface area contributed by atoms with Crippen LogP contribution in [0.25, 0.3) is 0 Å². The number of methoxy groups -OCH3 is 1. The van der Waals surface area contributed by atoms with Gasteiger partial charge in [0.2, 0.25) is 0 Å². The van der Waals surface area contributed by atoms with E-state index in [2.05, 4.69) is 0 Å². The molecular weight excluding hydrogens is 255 g/mol. The molecule has 0 spiro atoms. The molecule has 2 aromatic rings. The Labute approximate surface area is 117 Å². The van der Waals surface area contributed by atoms with Gasteiger partial charge in [0, 0.05) is 5.56 Å². The fourth-order valence-corrected chi connectivity index (χ4v) is 2.59. The predicted molar refractivity (Wildman–Crippen MR) is 75.4 cm³/mol. The minimum absolute atomic E-state index is 0.158. The van der Waals surface area contributed by atoms with Gasteiger partial charge in [0.25, 0.3) is 0 Å². The quantitative estimate of drug-likeness (QED) is 0.917. The van der Waals surface area contributed by atoms with Crippen molar-refractivity contribution in [2.24, 2.45) is 0 Å². The van der Waals surface area contributed by atoms with Gasteiger partial charge in [-0.3, -0.25) is 0 Å². The number of ether oxygens (including phenoxy) is 1. The molecule has 0 amide bonds. The van der Waals surface area contributed by atoms with E-state index in [1.807, 2.05) is 24.3 Å². The molecule has 3 heteroatoms. The summed E-state index contributed by atoms with van der Waals surface area (Å²) in [6, 6.07) is 12.6. The van der Waals surface area contributed by atoms with Gasteiger partial charge in [0.1, 0.15) is 6.10 Å². The lowest BCUT2D eigenvalue weighted by atomic mass is 9.94. The van der Waals surface area contributed by atoms with Gasteiger partial charge >= 0.3 is 0 Å². The van der Waals surface area contributed by atoms with Gasteiger partial charge in [-0.1, -0.05) is 36.4 Å². The van der Waals surface area contributed by atoms with Crippen molar-refractivity contribution in [3.63, 3.8) is 0 Å². The van der Waals surface area contributed by atoms with Crippen molar-refractivity contribution in [2.75, 3.05) is 7.11 Å². The SMILES string of the molecule is COc1cccc(C(O)c2ccccc2C2CC2)c1F. The number of rotatable bonds is 4. The Morgan fingerprint density at radius 3 is 2.50 bits per heavy atom. The smallest absolute Gasteiger partial charge is 0.171 e. The molecular formula is C17H17FO2. The maximum atomic E-state index is 14.3. The van der Waals surface area contributed by atoms with Crippen molar-refractivity contribution in [2.45, 2.75) is 24.9 Å². The molecule has 104 valence electrons. The Morgan fingerprint density at radius 1 is 1.10 bits per heavy atom. The second-order valence-corrected chi connectivity index (χ2v) is 5.17. The minimum Gasteiger partial charge on any atom is -0.494 e. The molecule has 0 bridgehead atoms. The number of hydrogen-bond donors (Lipinski definition) is 1. The van der Waals surface area contributed by atoms with Crippen molar-refractivity contribution < 1.29 is 14.2 Å². The van der Waals surface area contributed by atoms with Crippen LogP contribution in [0.15, 0.2) is 42.5 Å². The van der Waals surface area contributed by atoms with Gasteiger partial charge < -0.3 is 9.84 Å². The third-order valence-electron chi connectivity index (χ3n) is 3.82. The van der Waals surface area contributed by atoms with E-state index >= 15 is 0 Å².